The number of hydrogen-bond donors (Lipinski definition) is 1. The van der Waals surface area contributed by atoms with Crippen LogP contribution in [0.15, 0.2) is 0 Å². The fourth-order valence-electron chi connectivity index (χ4n) is 2.06. The Balaban J connectivity index is 2.21. The summed E-state index contributed by atoms with van der Waals surface area (Å²) in [6, 6.07) is 0. The first-order valence-electron chi connectivity index (χ1n) is 5.45. The van der Waals surface area contributed by atoms with Crippen LogP contribution in [0.4, 0.5) is 0 Å². The van der Waals surface area contributed by atoms with Crippen molar-refractivity contribution in [2.45, 2.75) is 58.3 Å². The lowest BCUT2D eigenvalue weighted by atomic mass is 9.66. The Morgan fingerprint density at radius 3 is 2.38 bits per heavy atom. The molecule has 1 rings (SSSR count). The van der Waals surface area contributed by atoms with Gasteiger partial charge < -0.3 is 5.11 Å². The van der Waals surface area contributed by atoms with E-state index in [1.807, 2.05) is 0 Å². The highest BCUT2D eigenvalue weighted by molar-refractivity contribution is 5.75. The highest BCUT2D eigenvalue weighted by Gasteiger charge is 2.43. The molecule has 0 radical (unpaired) electrons. The van der Waals surface area contributed by atoms with Gasteiger partial charge in [-0.3, -0.25) is 4.79 Å². The fraction of sp³-hybridized carbons (Fsp3) is 0.909. The summed E-state index contributed by atoms with van der Waals surface area (Å²) in [5.41, 5.74) is -0.312. The van der Waals surface area contributed by atoms with E-state index >= 15 is 0 Å². The second-order valence-corrected chi connectivity index (χ2v) is 4.25. The third kappa shape index (κ3) is 2.45. The van der Waals surface area contributed by atoms with Gasteiger partial charge in [0.2, 0.25) is 0 Å². The Bertz CT molecular complexity index is 171. The molecule has 13 heavy (non-hydrogen) atoms. The molecule has 1 saturated carbocycles. The zero-order valence-electron chi connectivity index (χ0n) is 8.51. The van der Waals surface area contributed by atoms with Crippen LogP contribution in [0.3, 0.4) is 0 Å². The molecule has 0 aliphatic heterocycles. The molecule has 0 unspecified atom stereocenters. The lowest BCUT2D eigenvalue weighted by Crippen LogP contribution is -2.37. The Kier molecular flexibility index (Phi) is 3.76. The van der Waals surface area contributed by atoms with Gasteiger partial charge in [0.05, 0.1) is 5.41 Å². The summed E-state index contributed by atoms with van der Waals surface area (Å²) >= 11 is 0. The first-order valence-corrected chi connectivity index (χ1v) is 5.45. The average molecular weight is 184 g/mol. The molecule has 1 fully saturated rings. The normalized spacial score (nSPS) is 19.5. The summed E-state index contributed by atoms with van der Waals surface area (Å²) in [6.07, 6.45) is 8.60. The number of rotatable bonds is 6. The summed E-state index contributed by atoms with van der Waals surface area (Å²) < 4.78 is 0. The molecule has 0 spiro atoms. The van der Waals surface area contributed by atoms with Crippen molar-refractivity contribution in [2.24, 2.45) is 5.41 Å². The van der Waals surface area contributed by atoms with Crippen molar-refractivity contribution in [3.05, 3.63) is 0 Å². The molecule has 2 nitrogen and oxygen atoms in total. The maximum atomic E-state index is 11.0. The molecular formula is C11H20O2. The van der Waals surface area contributed by atoms with Gasteiger partial charge in [0.15, 0.2) is 0 Å². The predicted molar refractivity (Wildman–Crippen MR) is 52.7 cm³/mol. The van der Waals surface area contributed by atoms with E-state index in [-0.39, 0.29) is 5.41 Å². The van der Waals surface area contributed by atoms with E-state index in [1.54, 1.807) is 0 Å². The molecule has 0 bridgehead atoms. The van der Waals surface area contributed by atoms with Crippen LogP contribution in [0.2, 0.25) is 0 Å². The molecule has 1 aliphatic rings. The van der Waals surface area contributed by atoms with Crippen LogP contribution in [0, 0.1) is 5.41 Å². The minimum Gasteiger partial charge on any atom is -0.481 e. The van der Waals surface area contributed by atoms with E-state index < -0.39 is 5.97 Å². The minimum absolute atomic E-state index is 0.312. The highest BCUT2D eigenvalue weighted by atomic mass is 16.4. The smallest absolute Gasteiger partial charge is 0.309 e. The van der Waals surface area contributed by atoms with E-state index in [0.717, 1.165) is 32.1 Å². The molecule has 0 atom stereocenters. The first-order chi connectivity index (χ1) is 6.21. The molecule has 0 aromatic rings. The van der Waals surface area contributed by atoms with E-state index in [9.17, 15) is 4.79 Å². The number of hydrogen-bond acceptors (Lipinski definition) is 1. The zero-order valence-corrected chi connectivity index (χ0v) is 8.51. The fourth-order valence-corrected chi connectivity index (χ4v) is 2.06. The summed E-state index contributed by atoms with van der Waals surface area (Å²) in [5.74, 6) is -0.560. The third-order valence-electron chi connectivity index (χ3n) is 3.27. The van der Waals surface area contributed by atoms with Crippen LogP contribution < -0.4 is 0 Å². The van der Waals surface area contributed by atoms with E-state index in [1.165, 1.54) is 19.3 Å². The van der Waals surface area contributed by atoms with Crippen LogP contribution >= 0.6 is 0 Å². The Morgan fingerprint density at radius 1 is 1.31 bits per heavy atom. The van der Waals surface area contributed by atoms with E-state index in [0.29, 0.717) is 0 Å². The minimum atomic E-state index is -0.560. The van der Waals surface area contributed by atoms with Crippen molar-refractivity contribution in [3.8, 4) is 0 Å². The monoisotopic (exact) mass is 184 g/mol. The standard InChI is InChI=1S/C11H20O2/c1-2-3-4-5-7-11(10(12)13)8-6-9-11/h2-9H2,1H3,(H,12,13). The van der Waals surface area contributed by atoms with Gasteiger partial charge in [-0.25, -0.2) is 0 Å². The van der Waals surface area contributed by atoms with Crippen molar-refractivity contribution >= 4 is 5.97 Å². The largest absolute Gasteiger partial charge is 0.481 e. The van der Waals surface area contributed by atoms with Crippen LogP contribution in [0.1, 0.15) is 58.3 Å². The first kappa shape index (κ1) is 10.6. The van der Waals surface area contributed by atoms with Crippen LogP contribution in [-0.2, 0) is 4.79 Å². The quantitative estimate of drug-likeness (QED) is 0.643. The molecule has 0 heterocycles. The molecule has 0 aromatic heterocycles. The zero-order chi connectivity index (χ0) is 9.73. The van der Waals surface area contributed by atoms with Crippen LogP contribution in [-0.4, -0.2) is 11.1 Å². The molecule has 1 N–H and O–H groups in total. The van der Waals surface area contributed by atoms with Crippen molar-refractivity contribution in [2.75, 3.05) is 0 Å². The van der Waals surface area contributed by atoms with Gasteiger partial charge in [0.25, 0.3) is 0 Å². The third-order valence-corrected chi connectivity index (χ3v) is 3.27. The number of aliphatic carboxylic acids is 1. The Morgan fingerprint density at radius 2 is 2.00 bits per heavy atom. The van der Waals surface area contributed by atoms with Gasteiger partial charge in [-0.15, -0.1) is 0 Å². The van der Waals surface area contributed by atoms with Gasteiger partial charge in [0, 0.05) is 0 Å². The summed E-state index contributed by atoms with van der Waals surface area (Å²) in [7, 11) is 0. The SMILES string of the molecule is CCCCCCC1(C(=O)O)CCC1. The predicted octanol–water partition coefficient (Wildman–Crippen LogP) is 3.21. The highest BCUT2D eigenvalue weighted by Crippen LogP contribution is 2.45. The lowest BCUT2D eigenvalue weighted by molar-refractivity contribution is -0.155. The van der Waals surface area contributed by atoms with E-state index in [4.69, 9.17) is 5.11 Å². The number of carboxylic acid groups (broad SMARTS) is 1. The Labute approximate surface area is 80.3 Å². The van der Waals surface area contributed by atoms with Gasteiger partial charge in [-0.1, -0.05) is 39.0 Å². The maximum absolute atomic E-state index is 11.0. The number of carbonyl (C=O) groups is 1. The van der Waals surface area contributed by atoms with Crippen molar-refractivity contribution in [3.63, 3.8) is 0 Å². The second-order valence-electron chi connectivity index (χ2n) is 4.25. The molecular weight excluding hydrogens is 164 g/mol. The molecule has 0 amide bonds. The summed E-state index contributed by atoms with van der Waals surface area (Å²) in [6.45, 7) is 2.18. The van der Waals surface area contributed by atoms with Crippen molar-refractivity contribution < 1.29 is 9.90 Å². The summed E-state index contributed by atoms with van der Waals surface area (Å²) in [4.78, 5) is 11.0. The van der Waals surface area contributed by atoms with Crippen molar-refractivity contribution in [1.82, 2.24) is 0 Å². The average Bonchev–Trinajstić information content (AvgIpc) is 2.01. The lowest BCUT2D eigenvalue weighted by Gasteiger charge is -2.37. The van der Waals surface area contributed by atoms with Crippen molar-refractivity contribution in [1.29, 1.82) is 0 Å². The number of carboxylic acids is 1. The van der Waals surface area contributed by atoms with Gasteiger partial charge >= 0.3 is 5.97 Å². The number of unbranched alkanes of at least 4 members (excludes halogenated alkanes) is 3. The van der Waals surface area contributed by atoms with Gasteiger partial charge in [-0.2, -0.15) is 0 Å². The van der Waals surface area contributed by atoms with Gasteiger partial charge in [0.1, 0.15) is 0 Å². The Hall–Kier alpha value is -0.530. The molecule has 0 aromatic carbocycles. The molecule has 76 valence electrons. The van der Waals surface area contributed by atoms with Gasteiger partial charge in [-0.05, 0) is 19.3 Å². The topological polar surface area (TPSA) is 37.3 Å². The molecule has 1 aliphatic carbocycles. The molecule has 2 heteroatoms. The van der Waals surface area contributed by atoms with E-state index in [2.05, 4.69) is 6.92 Å². The second kappa shape index (κ2) is 4.64. The van der Waals surface area contributed by atoms with Crippen LogP contribution in [0.5, 0.6) is 0 Å². The summed E-state index contributed by atoms with van der Waals surface area (Å²) in [5, 5.41) is 9.04. The molecule has 0 saturated heterocycles. The van der Waals surface area contributed by atoms with Crippen LogP contribution in [0.25, 0.3) is 0 Å². The maximum Gasteiger partial charge on any atom is 0.309 e.